The van der Waals surface area contributed by atoms with E-state index in [0.717, 1.165) is 30.4 Å². The molecule has 2 aliphatic rings. The zero-order valence-corrected chi connectivity index (χ0v) is 37.3. The Labute approximate surface area is 390 Å². The predicted molar refractivity (Wildman–Crippen MR) is 245 cm³/mol. The van der Waals surface area contributed by atoms with E-state index in [-0.39, 0.29) is 30.9 Å². The fourth-order valence-corrected chi connectivity index (χ4v) is 7.51. The molecule has 0 aromatic heterocycles. The summed E-state index contributed by atoms with van der Waals surface area (Å²) >= 11 is 0. The highest BCUT2D eigenvalue weighted by Gasteiger charge is 2.53. The van der Waals surface area contributed by atoms with Gasteiger partial charge in [-0.1, -0.05) is 115 Å². The van der Waals surface area contributed by atoms with Crippen LogP contribution in [0.4, 0.5) is 0 Å². The van der Waals surface area contributed by atoms with E-state index < -0.39 is 73.4 Å². The lowest BCUT2D eigenvalue weighted by Gasteiger charge is -2.49. The molecule has 5 aromatic carbocycles. The number of hydrogen-bond donors (Lipinski definition) is 1. The molecule has 2 saturated heterocycles. The van der Waals surface area contributed by atoms with Crippen molar-refractivity contribution in [3.8, 4) is 0 Å². The molecule has 0 saturated carbocycles. The maximum atomic E-state index is 13.9. The second-order valence-electron chi connectivity index (χ2n) is 15.8. The SMILES string of the molecule is COC(OC1C2OC(c3ccccc3)OCC2OC(OCCCCCN)C1OCc1ccccc1)C(/C=C/[C@@H](COC(=O)c1ccccc1)OC(=O)c1ccccc1)OC(=O)c1ccccc1. The first-order valence-electron chi connectivity index (χ1n) is 22.5. The molecular weight excluding hydrogens is 859 g/mol. The van der Waals surface area contributed by atoms with E-state index in [4.69, 9.17) is 53.1 Å². The Morgan fingerprint density at radius 1 is 0.657 bits per heavy atom. The van der Waals surface area contributed by atoms with E-state index in [9.17, 15) is 14.4 Å². The van der Waals surface area contributed by atoms with Gasteiger partial charge in [0.15, 0.2) is 31.1 Å². The van der Waals surface area contributed by atoms with Gasteiger partial charge in [0.05, 0.1) is 29.9 Å². The highest BCUT2D eigenvalue weighted by atomic mass is 16.8. The van der Waals surface area contributed by atoms with Gasteiger partial charge in [0.1, 0.15) is 31.0 Å². The first-order valence-corrected chi connectivity index (χ1v) is 22.5. The van der Waals surface area contributed by atoms with Crippen molar-refractivity contribution < 1.29 is 61.8 Å². The van der Waals surface area contributed by atoms with Gasteiger partial charge in [0, 0.05) is 19.3 Å². The first kappa shape index (κ1) is 48.9. The lowest BCUT2D eigenvalue weighted by molar-refractivity contribution is -0.384. The number of ether oxygens (including phenoxy) is 10. The van der Waals surface area contributed by atoms with E-state index in [1.807, 2.05) is 60.7 Å². The normalized spacial score (nSPS) is 21.6. The molecule has 7 rings (SSSR count). The topological polar surface area (TPSA) is 170 Å². The summed E-state index contributed by atoms with van der Waals surface area (Å²) in [4.78, 5) is 40.5. The van der Waals surface area contributed by atoms with Gasteiger partial charge in [-0.3, -0.25) is 0 Å². The zero-order valence-electron chi connectivity index (χ0n) is 37.3. The third-order valence-electron chi connectivity index (χ3n) is 11.0. The lowest BCUT2D eigenvalue weighted by atomic mass is 9.97. The van der Waals surface area contributed by atoms with Crippen LogP contribution in [0.5, 0.6) is 0 Å². The Hall–Kier alpha value is -6.07. The van der Waals surface area contributed by atoms with E-state index in [1.54, 1.807) is 91.0 Å². The Morgan fingerprint density at radius 3 is 1.85 bits per heavy atom. The molecule has 2 N–H and O–H groups in total. The van der Waals surface area contributed by atoms with Crippen LogP contribution in [0.2, 0.25) is 0 Å². The van der Waals surface area contributed by atoms with Gasteiger partial charge in [0.2, 0.25) is 0 Å². The summed E-state index contributed by atoms with van der Waals surface area (Å²) in [6, 6.07) is 44.4. The van der Waals surface area contributed by atoms with Gasteiger partial charge in [-0.25, -0.2) is 14.4 Å². The summed E-state index contributed by atoms with van der Waals surface area (Å²) in [5.74, 6) is -1.99. The van der Waals surface area contributed by atoms with Crippen molar-refractivity contribution in [1.82, 2.24) is 0 Å². The second-order valence-corrected chi connectivity index (χ2v) is 15.8. The average Bonchev–Trinajstić information content (AvgIpc) is 3.38. The summed E-state index contributed by atoms with van der Waals surface area (Å²) < 4.78 is 63.5. The lowest BCUT2D eigenvalue weighted by Crippen LogP contribution is -2.64. The number of benzene rings is 5. The summed E-state index contributed by atoms with van der Waals surface area (Å²) in [6.07, 6.45) is -3.59. The summed E-state index contributed by atoms with van der Waals surface area (Å²) in [6.45, 7) is 0.830. The molecule has 0 radical (unpaired) electrons. The molecule has 2 aliphatic heterocycles. The highest BCUT2D eigenvalue weighted by molar-refractivity contribution is 5.90. The largest absolute Gasteiger partial charge is 0.458 e. The molecule has 0 spiro atoms. The van der Waals surface area contributed by atoms with Gasteiger partial charge < -0.3 is 53.1 Å². The van der Waals surface area contributed by atoms with Gasteiger partial charge in [-0.2, -0.15) is 0 Å². The first-order chi connectivity index (χ1) is 32.9. The number of unbranched alkanes of at least 4 members (excludes halogenated alkanes) is 2. The minimum Gasteiger partial charge on any atom is -0.458 e. The van der Waals surface area contributed by atoms with E-state index in [0.29, 0.717) is 18.7 Å². The maximum Gasteiger partial charge on any atom is 0.338 e. The molecule has 9 atom stereocenters. The van der Waals surface area contributed by atoms with Crippen LogP contribution >= 0.6 is 0 Å². The van der Waals surface area contributed by atoms with Crippen LogP contribution in [0.1, 0.15) is 67.8 Å². The number of esters is 3. The molecule has 352 valence electrons. The number of carbonyl (C=O) groups excluding carboxylic acids is 3. The van der Waals surface area contributed by atoms with Crippen LogP contribution in [0.3, 0.4) is 0 Å². The molecule has 0 amide bonds. The molecule has 5 aromatic rings. The fourth-order valence-electron chi connectivity index (χ4n) is 7.51. The summed E-state index contributed by atoms with van der Waals surface area (Å²) in [7, 11) is 1.41. The molecule has 0 bridgehead atoms. The molecular formula is C53H57NO13. The van der Waals surface area contributed by atoms with E-state index >= 15 is 0 Å². The third kappa shape index (κ3) is 14.2. The molecule has 67 heavy (non-hydrogen) atoms. The molecule has 2 heterocycles. The Kier molecular flexibility index (Phi) is 18.8. The van der Waals surface area contributed by atoms with Gasteiger partial charge in [-0.15, -0.1) is 0 Å². The summed E-state index contributed by atoms with van der Waals surface area (Å²) in [5.41, 5.74) is 8.30. The zero-order chi connectivity index (χ0) is 46.6. The van der Waals surface area contributed by atoms with Crippen molar-refractivity contribution in [2.24, 2.45) is 5.73 Å². The van der Waals surface area contributed by atoms with Crippen LogP contribution in [-0.4, -0.2) is 101 Å². The number of carbonyl (C=O) groups is 3. The minimum atomic E-state index is -1.35. The molecule has 0 aliphatic carbocycles. The van der Waals surface area contributed by atoms with Gasteiger partial charge in [-0.05, 0) is 79.9 Å². The van der Waals surface area contributed by atoms with Crippen LogP contribution in [-0.2, 0) is 54.0 Å². The fraction of sp³-hybridized carbons (Fsp3) is 0.340. The monoisotopic (exact) mass is 915 g/mol. The van der Waals surface area contributed by atoms with Crippen molar-refractivity contribution in [1.29, 1.82) is 0 Å². The quantitative estimate of drug-likeness (QED) is 0.0222. The Balaban J connectivity index is 1.23. The third-order valence-corrected chi connectivity index (χ3v) is 11.0. The predicted octanol–water partition coefficient (Wildman–Crippen LogP) is 7.78. The summed E-state index contributed by atoms with van der Waals surface area (Å²) in [5, 5.41) is 0. The standard InChI is InChI=1S/C53H57NO13/c1-58-52(43(64-50(57)40-26-14-5-15-27-40)31-30-42(63-49(56)39-24-12-4-13-25-39)35-61-48(55)38-22-10-3-11-23-38)67-46-45-44(36-62-51(66-45)41-28-16-6-17-29-41)65-53(59-33-19-7-18-32-54)47(46)60-34-37-20-8-2-9-21-37/h2-6,8-17,20-31,42-47,51-53H,7,18-19,32-36,54H2,1H3/b31-30+/t42-,43?,44?,45?,46?,47?,51?,52?,53?/m0/s1. The Morgan fingerprint density at radius 2 is 1.24 bits per heavy atom. The molecule has 8 unspecified atom stereocenters. The second kappa shape index (κ2) is 25.7. The number of rotatable bonds is 23. The van der Waals surface area contributed by atoms with Crippen molar-refractivity contribution >= 4 is 17.9 Å². The van der Waals surface area contributed by atoms with Crippen LogP contribution in [0.15, 0.2) is 164 Å². The molecule has 2 fully saturated rings. The van der Waals surface area contributed by atoms with E-state index in [2.05, 4.69) is 0 Å². The van der Waals surface area contributed by atoms with Crippen molar-refractivity contribution in [3.63, 3.8) is 0 Å². The highest BCUT2D eigenvalue weighted by Crippen LogP contribution is 2.38. The van der Waals surface area contributed by atoms with Crippen molar-refractivity contribution in [3.05, 3.63) is 192 Å². The van der Waals surface area contributed by atoms with Crippen molar-refractivity contribution in [2.45, 2.75) is 81.4 Å². The number of fused-ring (bicyclic) bond motifs is 1. The van der Waals surface area contributed by atoms with Gasteiger partial charge in [0.25, 0.3) is 0 Å². The maximum absolute atomic E-state index is 13.9. The van der Waals surface area contributed by atoms with E-state index in [1.165, 1.54) is 19.3 Å². The van der Waals surface area contributed by atoms with Crippen LogP contribution in [0, 0.1) is 0 Å². The Bertz CT molecular complexity index is 2270. The van der Waals surface area contributed by atoms with Gasteiger partial charge >= 0.3 is 17.9 Å². The van der Waals surface area contributed by atoms with Crippen LogP contribution in [0.25, 0.3) is 0 Å². The number of nitrogens with two attached hydrogens (primary N) is 1. The number of hydrogen-bond acceptors (Lipinski definition) is 14. The smallest absolute Gasteiger partial charge is 0.338 e. The minimum absolute atomic E-state index is 0.128. The van der Waals surface area contributed by atoms with Crippen LogP contribution < -0.4 is 5.73 Å². The number of methoxy groups -OCH3 is 1. The molecule has 14 heteroatoms. The van der Waals surface area contributed by atoms with Crippen molar-refractivity contribution in [2.75, 3.05) is 33.5 Å². The molecule has 14 nitrogen and oxygen atoms in total. The average molecular weight is 916 g/mol.